The summed E-state index contributed by atoms with van der Waals surface area (Å²) in [6, 6.07) is 88.6. The molecule has 308 valence electrons. The zero-order valence-electron chi connectivity index (χ0n) is 35.3. The molecule has 65 heavy (non-hydrogen) atoms. The van der Waals surface area contributed by atoms with Gasteiger partial charge >= 0.3 is 0 Å². The van der Waals surface area contributed by atoms with Crippen molar-refractivity contribution >= 4 is 105 Å². The van der Waals surface area contributed by atoms with Gasteiger partial charge in [-0.15, -0.1) is 11.3 Å². The topological polar surface area (TPSA) is 22.9 Å². The Morgan fingerprint density at radius 3 is 1.37 bits per heavy atom. The van der Waals surface area contributed by atoms with Crippen molar-refractivity contribution in [3.8, 4) is 11.1 Å². The molecule has 0 N–H and O–H groups in total. The number of furan rings is 1. The molecule has 0 fully saturated rings. The molecule has 0 radical (unpaired) electrons. The van der Waals surface area contributed by atoms with Crippen molar-refractivity contribution in [3.63, 3.8) is 0 Å². The van der Waals surface area contributed by atoms with Crippen molar-refractivity contribution in [2.24, 2.45) is 0 Å². The Kier molecular flexibility index (Phi) is 9.66. The van der Waals surface area contributed by atoms with Crippen molar-refractivity contribution in [1.29, 1.82) is 0 Å². The predicted molar refractivity (Wildman–Crippen MR) is 276 cm³/mol. The first kappa shape index (κ1) is 38.3. The molecule has 0 bridgehead atoms. The fourth-order valence-electron chi connectivity index (χ4n) is 9.22. The average Bonchev–Trinajstić information content (AvgIpc) is 3.94. The van der Waals surface area contributed by atoms with Gasteiger partial charge in [-0.25, -0.2) is 0 Å². The van der Waals surface area contributed by atoms with E-state index in [1.807, 2.05) is 11.3 Å². The van der Waals surface area contributed by atoms with Crippen LogP contribution in [0.15, 0.2) is 253 Å². The number of hydrogen-bond acceptors (Lipinski definition) is 5. The molecule has 10 aromatic carbocycles. The number of benzene rings is 10. The average molecular weight is 852 g/mol. The Morgan fingerprint density at radius 2 is 0.738 bits per heavy atom. The van der Waals surface area contributed by atoms with Crippen LogP contribution in [0.4, 0.5) is 51.2 Å². The number of hydrogen-bond donors (Lipinski definition) is 0. The summed E-state index contributed by atoms with van der Waals surface area (Å²) in [4.78, 5) is 7.05. The Morgan fingerprint density at radius 1 is 0.277 bits per heavy atom. The van der Waals surface area contributed by atoms with Crippen molar-refractivity contribution in [2.75, 3.05) is 14.7 Å². The second kappa shape index (κ2) is 16.4. The van der Waals surface area contributed by atoms with Gasteiger partial charge in [-0.2, -0.15) is 0 Å². The van der Waals surface area contributed by atoms with E-state index in [0.29, 0.717) is 0 Å². The number of fused-ring (bicyclic) bond motifs is 6. The highest BCUT2D eigenvalue weighted by Crippen LogP contribution is 2.49. The Bertz CT molecular complexity index is 3550. The molecule has 4 nitrogen and oxygen atoms in total. The van der Waals surface area contributed by atoms with Crippen LogP contribution in [-0.2, 0) is 0 Å². The minimum absolute atomic E-state index is 0.793. The standard InChI is InChI=1S/C60H41N3OS/c1-6-18-42(19-7-1)43-30-32-48(33-31-43)63(47-26-14-5-15-27-47)55-39-51(62(46-24-12-4-13-25-46)50-34-36-53-52-28-16-17-29-58(52)65-59(53)41-50)40-57-60(55)54-38-49(35-37-56(54)64-57)61(44-20-8-2-9-21-44)45-22-10-3-11-23-45/h1-41H. The number of rotatable bonds is 10. The van der Waals surface area contributed by atoms with Crippen LogP contribution in [0.2, 0.25) is 0 Å². The smallest absolute Gasteiger partial charge is 0.139 e. The molecular formula is C60H41N3OS. The lowest BCUT2D eigenvalue weighted by Crippen LogP contribution is -2.13. The first-order chi connectivity index (χ1) is 32.2. The quantitative estimate of drug-likeness (QED) is 0.137. The second-order valence-corrected chi connectivity index (χ2v) is 17.2. The van der Waals surface area contributed by atoms with Crippen LogP contribution in [0.1, 0.15) is 0 Å². The van der Waals surface area contributed by atoms with E-state index in [0.717, 1.165) is 78.7 Å². The van der Waals surface area contributed by atoms with Gasteiger partial charge in [-0.05, 0) is 114 Å². The molecule has 5 heteroatoms. The third-order valence-corrected chi connectivity index (χ3v) is 13.3. The van der Waals surface area contributed by atoms with Gasteiger partial charge in [-0.3, -0.25) is 0 Å². The van der Waals surface area contributed by atoms with Crippen molar-refractivity contribution in [3.05, 3.63) is 249 Å². The molecule has 0 atom stereocenters. The highest BCUT2D eigenvalue weighted by atomic mass is 32.1. The van der Waals surface area contributed by atoms with E-state index in [4.69, 9.17) is 4.42 Å². The summed E-state index contributed by atoms with van der Waals surface area (Å²) < 4.78 is 9.57. The summed E-state index contributed by atoms with van der Waals surface area (Å²) in [5, 5.41) is 4.60. The van der Waals surface area contributed by atoms with Crippen LogP contribution in [0, 0.1) is 0 Å². The number of anilines is 9. The molecule has 0 aliphatic rings. The molecule has 0 saturated heterocycles. The van der Waals surface area contributed by atoms with Crippen molar-refractivity contribution in [1.82, 2.24) is 0 Å². The number of para-hydroxylation sites is 4. The largest absolute Gasteiger partial charge is 0.456 e. The minimum Gasteiger partial charge on any atom is -0.456 e. The second-order valence-electron chi connectivity index (χ2n) is 16.2. The maximum Gasteiger partial charge on any atom is 0.139 e. The third-order valence-electron chi connectivity index (χ3n) is 12.2. The summed E-state index contributed by atoms with van der Waals surface area (Å²) in [6.45, 7) is 0. The highest BCUT2D eigenvalue weighted by Gasteiger charge is 2.25. The molecule has 2 heterocycles. The van der Waals surface area contributed by atoms with Crippen LogP contribution in [0.5, 0.6) is 0 Å². The first-order valence-corrected chi connectivity index (χ1v) is 22.7. The zero-order valence-corrected chi connectivity index (χ0v) is 36.1. The molecule has 0 spiro atoms. The van der Waals surface area contributed by atoms with Crippen LogP contribution in [0.3, 0.4) is 0 Å². The van der Waals surface area contributed by atoms with Gasteiger partial charge < -0.3 is 19.1 Å². The fourth-order valence-corrected chi connectivity index (χ4v) is 10.4. The van der Waals surface area contributed by atoms with E-state index in [2.05, 4.69) is 263 Å². The normalized spacial score (nSPS) is 11.4. The minimum atomic E-state index is 0.793. The number of nitrogens with zero attached hydrogens (tertiary/aromatic N) is 3. The molecule has 0 aliphatic carbocycles. The van der Waals surface area contributed by atoms with Crippen LogP contribution in [-0.4, -0.2) is 0 Å². The molecule has 0 saturated carbocycles. The zero-order chi connectivity index (χ0) is 43.1. The lowest BCUT2D eigenvalue weighted by atomic mass is 10.0. The summed E-state index contributed by atoms with van der Waals surface area (Å²) in [7, 11) is 0. The molecular weight excluding hydrogens is 811 g/mol. The monoisotopic (exact) mass is 851 g/mol. The molecule has 0 aliphatic heterocycles. The van der Waals surface area contributed by atoms with Crippen molar-refractivity contribution in [2.45, 2.75) is 0 Å². The highest BCUT2D eigenvalue weighted by molar-refractivity contribution is 7.25. The Hall–Kier alpha value is -8.38. The SMILES string of the molecule is c1ccc(-c2ccc(N(c3ccccc3)c3cc(N(c4ccccc4)c4ccc5c(c4)sc4ccccc45)cc4oc5ccc(N(c6ccccc6)c6ccccc6)cc5c34)cc2)cc1. The maximum atomic E-state index is 7.04. The van der Waals surface area contributed by atoms with Gasteiger partial charge in [0.25, 0.3) is 0 Å². The molecule has 12 rings (SSSR count). The maximum absolute atomic E-state index is 7.04. The van der Waals surface area contributed by atoms with Gasteiger partial charge in [0.15, 0.2) is 0 Å². The van der Waals surface area contributed by atoms with E-state index >= 15 is 0 Å². The molecule has 12 aromatic rings. The molecule has 0 amide bonds. The summed E-state index contributed by atoms with van der Waals surface area (Å²) in [5.41, 5.74) is 13.3. The predicted octanol–water partition coefficient (Wildman–Crippen LogP) is 18.0. The first-order valence-electron chi connectivity index (χ1n) is 21.9. The summed E-state index contributed by atoms with van der Waals surface area (Å²) >= 11 is 1.83. The van der Waals surface area contributed by atoms with E-state index < -0.39 is 0 Å². The van der Waals surface area contributed by atoms with E-state index in [1.165, 1.54) is 25.7 Å². The Balaban J connectivity index is 1.13. The molecule has 2 aromatic heterocycles. The lowest BCUT2D eigenvalue weighted by Gasteiger charge is -2.30. The van der Waals surface area contributed by atoms with Gasteiger partial charge in [0.05, 0.1) is 16.8 Å². The van der Waals surface area contributed by atoms with Crippen LogP contribution < -0.4 is 14.7 Å². The van der Waals surface area contributed by atoms with Crippen molar-refractivity contribution < 1.29 is 4.42 Å². The van der Waals surface area contributed by atoms with Crippen LogP contribution >= 0.6 is 11.3 Å². The molecule has 0 unspecified atom stereocenters. The van der Waals surface area contributed by atoms with Gasteiger partial charge in [-0.1, -0.05) is 140 Å². The van der Waals surface area contributed by atoms with Gasteiger partial charge in [0.1, 0.15) is 11.2 Å². The summed E-state index contributed by atoms with van der Waals surface area (Å²) in [6.07, 6.45) is 0. The number of thiophene rings is 1. The lowest BCUT2D eigenvalue weighted by molar-refractivity contribution is 0.669. The van der Waals surface area contributed by atoms with Gasteiger partial charge in [0, 0.05) is 71.4 Å². The third kappa shape index (κ3) is 7.05. The van der Waals surface area contributed by atoms with E-state index in [-0.39, 0.29) is 0 Å². The van der Waals surface area contributed by atoms with Gasteiger partial charge in [0.2, 0.25) is 0 Å². The summed E-state index contributed by atoms with van der Waals surface area (Å²) in [5.74, 6) is 0. The Labute approximate surface area is 381 Å². The fraction of sp³-hybridized carbons (Fsp3) is 0. The van der Waals surface area contributed by atoms with E-state index in [9.17, 15) is 0 Å². The van der Waals surface area contributed by atoms with E-state index in [1.54, 1.807) is 0 Å². The van der Waals surface area contributed by atoms with Crippen LogP contribution in [0.25, 0.3) is 53.2 Å².